The Morgan fingerprint density at radius 2 is 2.00 bits per heavy atom. The van der Waals surface area contributed by atoms with Crippen LogP contribution in [0.4, 0.5) is 0 Å². The molecule has 0 aromatic carbocycles. The Labute approximate surface area is 122 Å². The van der Waals surface area contributed by atoms with E-state index >= 15 is 0 Å². The molecule has 1 heterocycles. The van der Waals surface area contributed by atoms with Crippen LogP contribution < -0.4 is 0 Å². The summed E-state index contributed by atoms with van der Waals surface area (Å²) in [5.74, 6) is 0. The Morgan fingerprint density at radius 1 is 1.33 bits per heavy atom. The van der Waals surface area contributed by atoms with Crippen LogP contribution in [0.2, 0.25) is 0 Å². The third-order valence-electron chi connectivity index (χ3n) is 4.25. The predicted octanol–water partition coefficient (Wildman–Crippen LogP) is 3.68. The van der Waals surface area contributed by atoms with E-state index < -0.39 is 0 Å². The highest BCUT2D eigenvalue weighted by molar-refractivity contribution is 9.11. The lowest BCUT2D eigenvalue weighted by molar-refractivity contribution is -0.0306. The van der Waals surface area contributed by atoms with E-state index in [2.05, 4.69) is 47.1 Å². The first kappa shape index (κ1) is 14.5. The molecule has 1 aromatic rings. The Morgan fingerprint density at radius 3 is 2.50 bits per heavy atom. The maximum atomic E-state index is 10.7. The Balaban J connectivity index is 2.10. The van der Waals surface area contributed by atoms with Gasteiger partial charge in [0.15, 0.2) is 0 Å². The maximum Gasteiger partial charge on any atom is 0.0771 e. The monoisotopic (exact) mass is 331 g/mol. The van der Waals surface area contributed by atoms with Gasteiger partial charge in [0.25, 0.3) is 0 Å². The maximum absolute atomic E-state index is 10.7. The second kappa shape index (κ2) is 6.04. The summed E-state index contributed by atoms with van der Waals surface area (Å²) in [4.78, 5) is 3.51. The van der Waals surface area contributed by atoms with E-state index in [4.69, 9.17) is 0 Å². The minimum atomic E-state index is -0.265. The first-order valence-electron chi connectivity index (χ1n) is 6.64. The molecule has 1 aliphatic carbocycles. The number of likely N-dealkylation sites (N-methyl/N-ethyl adjacent to an activating group) is 1. The van der Waals surface area contributed by atoms with Gasteiger partial charge in [-0.25, -0.2) is 0 Å². The largest absolute Gasteiger partial charge is 0.391 e. The van der Waals surface area contributed by atoms with Crippen molar-refractivity contribution in [1.82, 2.24) is 4.90 Å². The summed E-state index contributed by atoms with van der Waals surface area (Å²) < 4.78 is 1.15. The molecule has 1 fully saturated rings. The molecule has 0 radical (unpaired) electrons. The van der Waals surface area contributed by atoms with Crippen molar-refractivity contribution in [3.05, 3.63) is 20.8 Å². The average Bonchev–Trinajstić information content (AvgIpc) is 2.75. The van der Waals surface area contributed by atoms with Gasteiger partial charge >= 0.3 is 0 Å². The topological polar surface area (TPSA) is 23.5 Å². The van der Waals surface area contributed by atoms with Crippen molar-refractivity contribution in [1.29, 1.82) is 0 Å². The molecule has 1 saturated carbocycles. The smallest absolute Gasteiger partial charge is 0.0771 e. The van der Waals surface area contributed by atoms with Gasteiger partial charge in [-0.2, -0.15) is 0 Å². The fourth-order valence-corrected chi connectivity index (χ4v) is 4.60. The molecule has 0 saturated heterocycles. The zero-order valence-corrected chi connectivity index (χ0v) is 13.6. The molecule has 1 aliphatic rings. The van der Waals surface area contributed by atoms with Gasteiger partial charge < -0.3 is 10.0 Å². The Bertz CT molecular complexity index is 385. The van der Waals surface area contributed by atoms with Gasteiger partial charge in [0, 0.05) is 16.8 Å². The number of nitrogens with zero attached hydrogens (tertiary/aromatic N) is 1. The van der Waals surface area contributed by atoms with Crippen LogP contribution in [0.3, 0.4) is 0 Å². The van der Waals surface area contributed by atoms with Gasteiger partial charge in [-0.3, -0.25) is 0 Å². The van der Waals surface area contributed by atoms with Gasteiger partial charge in [0.05, 0.1) is 9.89 Å². The highest BCUT2D eigenvalue weighted by atomic mass is 79.9. The molecule has 0 bridgehead atoms. The van der Waals surface area contributed by atoms with Gasteiger partial charge in [0.1, 0.15) is 0 Å². The summed E-state index contributed by atoms with van der Waals surface area (Å²) in [6.07, 6.45) is 6.54. The van der Waals surface area contributed by atoms with Crippen molar-refractivity contribution in [2.75, 3.05) is 14.1 Å². The number of hydrogen-bond acceptors (Lipinski definition) is 3. The first-order valence-corrected chi connectivity index (χ1v) is 8.25. The highest BCUT2D eigenvalue weighted by Crippen LogP contribution is 2.37. The summed E-state index contributed by atoms with van der Waals surface area (Å²) in [6.45, 7) is 0. The molecular weight excluding hydrogens is 310 g/mol. The predicted molar refractivity (Wildman–Crippen MR) is 81.2 cm³/mol. The van der Waals surface area contributed by atoms with E-state index in [9.17, 15) is 5.11 Å². The van der Waals surface area contributed by atoms with Crippen molar-refractivity contribution in [2.45, 2.75) is 50.2 Å². The molecule has 1 atom stereocenters. The number of thiophene rings is 1. The summed E-state index contributed by atoms with van der Waals surface area (Å²) in [5.41, 5.74) is -0.0191. The van der Waals surface area contributed by atoms with E-state index in [-0.39, 0.29) is 11.6 Å². The van der Waals surface area contributed by atoms with E-state index in [0.717, 1.165) is 23.0 Å². The van der Waals surface area contributed by atoms with E-state index in [1.165, 1.54) is 24.1 Å². The zero-order chi connectivity index (χ0) is 13.2. The molecule has 0 aliphatic heterocycles. The third-order valence-corrected chi connectivity index (χ3v) is 5.90. The van der Waals surface area contributed by atoms with Gasteiger partial charge in [-0.15, -0.1) is 11.3 Å². The molecule has 0 spiro atoms. The average molecular weight is 332 g/mol. The summed E-state index contributed by atoms with van der Waals surface area (Å²) in [5, 5.41) is 10.7. The van der Waals surface area contributed by atoms with Crippen molar-refractivity contribution in [3.8, 4) is 0 Å². The second-order valence-electron chi connectivity index (χ2n) is 5.48. The minimum Gasteiger partial charge on any atom is -0.391 e. The lowest BCUT2D eigenvalue weighted by atomic mass is 9.75. The highest BCUT2D eigenvalue weighted by Gasteiger charge is 2.40. The molecule has 0 amide bonds. The van der Waals surface area contributed by atoms with Crippen LogP contribution in [-0.2, 0) is 6.42 Å². The van der Waals surface area contributed by atoms with E-state index in [1.54, 1.807) is 11.3 Å². The number of halogens is 1. The van der Waals surface area contributed by atoms with Crippen molar-refractivity contribution in [3.63, 3.8) is 0 Å². The lowest BCUT2D eigenvalue weighted by Gasteiger charge is -2.46. The molecule has 4 heteroatoms. The van der Waals surface area contributed by atoms with Crippen LogP contribution in [0.25, 0.3) is 0 Å². The zero-order valence-electron chi connectivity index (χ0n) is 11.2. The van der Waals surface area contributed by atoms with E-state index in [0.29, 0.717) is 0 Å². The molecule has 102 valence electrons. The number of rotatable bonds is 4. The van der Waals surface area contributed by atoms with Crippen LogP contribution in [-0.4, -0.2) is 35.7 Å². The fourth-order valence-electron chi connectivity index (χ4n) is 3.08. The summed E-state index contributed by atoms with van der Waals surface area (Å²) in [7, 11) is 4.22. The second-order valence-corrected chi connectivity index (χ2v) is 8.03. The Hall–Kier alpha value is 0.1000. The fraction of sp³-hybridized carbons (Fsp3) is 0.714. The third kappa shape index (κ3) is 2.98. The van der Waals surface area contributed by atoms with Gasteiger partial charge in [-0.1, -0.05) is 19.3 Å². The standard InChI is InChI=1S/C14H22BrNOS/c1-16(2)14(8-4-3-5-9-14)12(17)10-11-6-7-13(15)18-11/h6-7,12,17H,3-5,8-10H2,1-2H3. The van der Waals surface area contributed by atoms with Crippen LogP contribution >= 0.6 is 27.3 Å². The molecular formula is C14H22BrNOS. The first-order chi connectivity index (χ1) is 8.54. The summed E-state index contributed by atoms with van der Waals surface area (Å²) in [6, 6.07) is 4.18. The molecule has 2 nitrogen and oxygen atoms in total. The van der Waals surface area contributed by atoms with E-state index in [1.807, 2.05) is 0 Å². The molecule has 1 unspecified atom stereocenters. The summed E-state index contributed by atoms with van der Waals surface area (Å²) >= 11 is 5.22. The normalized spacial score (nSPS) is 21.2. The van der Waals surface area contributed by atoms with Crippen molar-refractivity contribution < 1.29 is 5.11 Å². The molecule has 18 heavy (non-hydrogen) atoms. The number of aliphatic hydroxyl groups is 1. The minimum absolute atomic E-state index is 0.0191. The van der Waals surface area contributed by atoms with Crippen LogP contribution in [0, 0.1) is 0 Å². The lowest BCUT2D eigenvalue weighted by Crippen LogP contribution is -2.55. The quantitative estimate of drug-likeness (QED) is 0.909. The number of aliphatic hydroxyl groups excluding tert-OH is 1. The van der Waals surface area contributed by atoms with Crippen LogP contribution in [0.1, 0.15) is 37.0 Å². The van der Waals surface area contributed by atoms with Crippen LogP contribution in [0.5, 0.6) is 0 Å². The molecule has 2 rings (SSSR count). The molecule has 1 N–H and O–H groups in total. The van der Waals surface area contributed by atoms with Crippen molar-refractivity contribution in [2.24, 2.45) is 0 Å². The molecule has 1 aromatic heterocycles. The number of hydrogen-bond donors (Lipinski definition) is 1. The van der Waals surface area contributed by atoms with Crippen molar-refractivity contribution >= 4 is 27.3 Å². The SMILES string of the molecule is CN(C)C1(C(O)Cc2ccc(Br)s2)CCCCC1. The Kier molecular flexibility index (Phi) is 4.86. The van der Waals surface area contributed by atoms with Gasteiger partial charge in [0.2, 0.25) is 0 Å². The van der Waals surface area contributed by atoms with Gasteiger partial charge in [-0.05, 0) is 55.0 Å². The van der Waals surface area contributed by atoms with Crippen LogP contribution in [0.15, 0.2) is 15.9 Å².